The number of ether oxygens (including phenoxy) is 1. The van der Waals surface area contributed by atoms with Crippen LogP contribution >= 0.6 is 0 Å². The number of hydrogen-bond acceptors (Lipinski definition) is 1. The predicted molar refractivity (Wildman–Crippen MR) is 91.3 cm³/mol. The van der Waals surface area contributed by atoms with Crippen molar-refractivity contribution in [1.82, 2.24) is 0 Å². The maximum absolute atomic E-state index is 5.38. The summed E-state index contributed by atoms with van der Waals surface area (Å²) in [7, 11) is 0. The third-order valence-corrected chi connectivity index (χ3v) is 5.59. The normalized spacial score (nSPS) is 34.8. The zero-order valence-electron chi connectivity index (χ0n) is 14.1. The summed E-state index contributed by atoms with van der Waals surface area (Å²) < 4.78 is 5.38. The average Bonchev–Trinajstić information content (AvgIpc) is 2.53. The van der Waals surface area contributed by atoms with E-state index in [0.717, 1.165) is 36.9 Å². The van der Waals surface area contributed by atoms with Crippen LogP contribution in [0.2, 0.25) is 0 Å². The number of allylic oxidation sites excluding steroid dienone is 3. The molecule has 0 radical (unpaired) electrons. The summed E-state index contributed by atoms with van der Waals surface area (Å²) in [6.07, 6.45) is 20.9. The van der Waals surface area contributed by atoms with E-state index >= 15 is 0 Å². The van der Waals surface area contributed by atoms with Gasteiger partial charge in [0.2, 0.25) is 0 Å². The fourth-order valence-corrected chi connectivity index (χ4v) is 4.32. The SMILES string of the molecule is C/C=C/[C@H]1CC[C@H]([C@H]2CC[C@H](/C=C/COCC)CC2)CC1. The van der Waals surface area contributed by atoms with Crippen molar-refractivity contribution in [1.29, 1.82) is 0 Å². The molecule has 2 rings (SSSR count). The van der Waals surface area contributed by atoms with Crippen LogP contribution in [0.25, 0.3) is 0 Å². The first-order valence-electron chi connectivity index (χ1n) is 9.20. The maximum atomic E-state index is 5.38. The second-order valence-corrected chi connectivity index (χ2v) is 6.96. The highest BCUT2D eigenvalue weighted by atomic mass is 16.5. The van der Waals surface area contributed by atoms with Crippen molar-refractivity contribution < 1.29 is 4.74 Å². The lowest BCUT2D eigenvalue weighted by Gasteiger charge is -2.36. The van der Waals surface area contributed by atoms with Crippen LogP contribution in [0, 0.1) is 23.7 Å². The highest BCUT2D eigenvalue weighted by Gasteiger charge is 2.29. The van der Waals surface area contributed by atoms with E-state index in [9.17, 15) is 0 Å². The van der Waals surface area contributed by atoms with Crippen LogP contribution in [-0.2, 0) is 4.74 Å². The molecule has 0 spiro atoms. The minimum Gasteiger partial charge on any atom is -0.378 e. The van der Waals surface area contributed by atoms with E-state index in [1.165, 1.54) is 51.4 Å². The van der Waals surface area contributed by atoms with Crippen molar-refractivity contribution in [3.8, 4) is 0 Å². The van der Waals surface area contributed by atoms with Gasteiger partial charge in [0.05, 0.1) is 6.61 Å². The van der Waals surface area contributed by atoms with Gasteiger partial charge in [-0.3, -0.25) is 0 Å². The van der Waals surface area contributed by atoms with Gasteiger partial charge < -0.3 is 4.74 Å². The van der Waals surface area contributed by atoms with Gasteiger partial charge in [-0.15, -0.1) is 0 Å². The topological polar surface area (TPSA) is 9.23 Å². The molecule has 21 heavy (non-hydrogen) atoms. The second kappa shape index (κ2) is 9.46. The lowest BCUT2D eigenvalue weighted by atomic mass is 9.69. The molecule has 2 fully saturated rings. The zero-order chi connectivity index (χ0) is 14.9. The Labute approximate surface area is 131 Å². The van der Waals surface area contributed by atoms with Crippen LogP contribution in [0.3, 0.4) is 0 Å². The second-order valence-electron chi connectivity index (χ2n) is 6.96. The Morgan fingerprint density at radius 1 is 0.810 bits per heavy atom. The van der Waals surface area contributed by atoms with E-state index < -0.39 is 0 Å². The molecule has 0 atom stereocenters. The largest absolute Gasteiger partial charge is 0.378 e. The summed E-state index contributed by atoms with van der Waals surface area (Å²) in [5.41, 5.74) is 0. The number of hydrogen-bond donors (Lipinski definition) is 0. The van der Waals surface area contributed by atoms with Crippen LogP contribution in [0.4, 0.5) is 0 Å². The molecule has 1 nitrogen and oxygen atoms in total. The first-order chi connectivity index (χ1) is 10.3. The third kappa shape index (κ3) is 5.62. The predicted octanol–water partition coefficient (Wildman–Crippen LogP) is 5.77. The Bertz CT molecular complexity index is 315. The fraction of sp³-hybridized carbons (Fsp3) is 0.800. The van der Waals surface area contributed by atoms with E-state index in [4.69, 9.17) is 4.74 Å². The van der Waals surface area contributed by atoms with Crippen molar-refractivity contribution in [2.45, 2.75) is 65.2 Å². The minimum absolute atomic E-state index is 0.797. The molecule has 0 unspecified atom stereocenters. The Balaban J connectivity index is 1.66. The lowest BCUT2D eigenvalue weighted by Crippen LogP contribution is -2.25. The van der Waals surface area contributed by atoms with E-state index in [-0.39, 0.29) is 0 Å². The van der Waals surface area contributed by atoms with Crippen LogP contribution in [0.15, 0.2) is 24.3 Å². The maximum Gasteiger partial charge on any atom is 0.0647 e. The van der Waals surface area contributed by atoms with E-state index in [0.29, 0.717) is 0 Å². The Morgan fingerprint density at radius 3 is 1.81 bits per heavy atom. The van der Waals surface area contributed by atoms with Gasteiger partial charge in [0.1, 0.15) is 0 Å². The van der Waals surface area contributed by atoms with Gasteiger partial charge >= 0.3 is 0 Å². The van der Waals surface area contributed by atoms with Crippen molar-refractivity contribution in [3.05, 3.63) is 24.3 Å². The zero-order valence-corrected chi connectivity index (χ0v) is 14.1. The van der Waals surface area contributed by atoms with Crippen LogP contribution in [-0.4, -0.2) is 13.2 Å². The molecule has 0 saturated heterocycles. The molecule has 0 aromatic rings. The van der Waals surface area contributed by atoms with E-state index in [2.05, 4.69) is 38.2 Å². The van der Waals surface area contributed by atoms with Crippen molar-refractivity contribution >= 4 is 0 Å². The minimum atomic E-state index is 0.797. The van der Waals surface area contributed by atoms with Gasteiger partial charge in [0.15, 0.2) is 0 Å². The molecule has 0 heterocycles. The lowest BCUT2D eigenvalue weighted by molar-refractivity contribution is 0.164. The standard InChI is InChI=1S/C20H34O/c1-3-6-17-8-12-19(13-9-17)20-14-10-18(11-15-20)7-5-16-21-4-2/h3,5-7,17-20H,4,8-16H2,1-2H3/b6-3+,7-5+/t17-,18-,19-,20-. The first kappa shape index (κ1) is 16.8. The van der Waals surface area contributed by atoms with Crippen molar-refractivity contribution in [2.75, 3.05) is 13.2 Å². The number of rotatable bonds is 6. The van der Waals surface area contributed by atoms with E-state index in [1.54, 1.807) is 0 Å². The monoisotopic (exact) mass is 290 g/mol. The summed E-state index contributed by atoms with van der Waals surface area (Å²) in [5.74, 6) is 3.75. The van der Waals surface area contributed by atoms with Gasteiger partial charge in [-0.2, -0.15) is 0 Å². The third-order valence-electron chi connectivity index (χ3n) is 5.59. The smallest absolute Gasteiger partial charge is 0.0647 e. The Morgan fingerprint density at radius 2 is 1.33 bits per heavy atom. The van der Waals surface area contributed by atoms with Gasteiger partial charge in [0.25, 0.3) is 0 Å². The molecule has 0 bridgehead atoms. The molecule has 1 heteroatoms. The molecule has 120 valence electrons. The molecule has 0 aliphatic heterocycles. The molecule has 0 N–H and O–H groups in total. The van der Waals surface area contributed by atoms with Crippen LogP contribution < -0.4 is 0 Å². The summed E-state index contributed by atoms with van der Waals surface area (Å²) in [5, 5.41) is 0. The highest BCUT2D eigenvalue weighted by molar-refractivity contribution is 4.94. The Kier molecular flexibility index (Phi) is 7.57. The van der Waals surface area contributed by atoms with Gasteiger partial charge in [0, 0.05) is 6.61 Å². The average molecular weight is 290 g/mol. The van der Waals surface area contributed by atoms with Crippen LogP contribution in [0.5, 0.6) is 0 Å². The highest BCUT2D eigenvalue weighted by Crippen LogP contribution is 2.41. The van der Waals surface area contributed by atoms with Crippen molar-refractivity contribution in [2.24, 2.45) is 23.7 Å². The summed E-state index contributed by atoms with van der Waals surface area (Å²) in [6, 6.07) is 0. The van der Waals surface area contributed by atoms with Crippen molar-refractivity contribution in [3.63, 3.8) is 0 Å². The summed E-state index contributed by atoms with van der Waals surface area (Å²) >= 11 is 0. The van der Waals surface area contributed by atoms with Gasteiger partial charge in [-0.05, 0) is 88.9 Å². The van der Waals surface area contributed by atoms with Crippen LogP contribution in [0.1, 0.15) is 65.2 Å². The molecule has 0 aromatic carbocycles. The van der Waals surface area contributed by atoms with Gasteiger partial charge in [-0.25, -0.2) is 0 Å². The summed E-state index contributed by atoms with van der Waals surface area (Å²) in [6.45, 7) is 5.84. The van der Waals surface area contributed by atoms with Gasteiger partial charge in [-0.1, -0.05) is 24.3 Å². The molecule has 2 saturated carbocycles. The molecule has 0 aromatic heterocycles. The molecule has 2 aliphatic carbocycles. The first-order valence-corrected chi connectivity index (χ1v) is 9.20. The molecule has 0 amide bonds. The summed E-state index contributed by atoms with van der Waals surface area (Å²) in [4.78, 5) is 0. The molecular weight excluding hydrogens is 256 g/mol. The fourth-order valence-electron chi connectivity index (χ4n) is 4.32. The quantitative estimate of drug-likeness (QED) is 0.446. The van der Waals surface area contributed by atoms with E-state index in [1.807, 2.05) is 0 Å². The molecule has 2 aliphatic rings. The Hall–Kier alpha value is -0.560. The molecular formula is C20H34O.